The molecule has 0 radical (unpaired) electrons. The first kappa shape index (κ1) is 11.0. The molecule has 1 saturated heterocycles. The Hall–Kier alpha value is -1.52. The lowest BCUT2D eigenvalue weighted by molar-refractivity contribution is 0.0641. The molecular formula is C11H16N2O3. The first-order chi connectivity index (χ1) is 7.70. The topological polar surface area (TPSA) is 55.6 Å². The Labute approximate surface area is 94.3 Å². The van der Waals surface area contributed by atoms with Crippen LogP contribution in [0.1, 0.15) is 30.3 Å². The minimum absolute atomic E-state index is 0.0950. The van der Waals surface area contributed by atoms with Crippen LogP contribution in [-0.2, 0) is 0 Å². The van der Waals surface area contributed by atoms with Crippen LogP contribution >= 0.6 is 0 Å². The number of piperidine rings is 1. The van der Waals surface area contributed by atoms with Gasteiger partial charge in [0, 0.05) is 13.1 Å². The molecule has 2 rings (SSSR count). The quantitative estimate of drug-likeness (QED) is 0.764. The third-order valence-electron chi connectivity index (χ3n) is 2.85. The van der Waals surface area contributed by atoms with Gasteiger partial charge in [-0.05, 0) is 23.9 Å². The molecule has 1 atom stereocenters. The van der Waals surface area contributed by atoms with Crippen LogP contribution in [0.15, 0.2) is 10.6 Å². The summed E-state index contributed by atoms with van der Waals surface area (Å²) in [6.07, 6.45) is 2.24. The molecule has 0 aromatic carbocycles. The molecule has 16 heavy (non-hydrogen) atoms. The molecule has 0 bridgehead atoms. The van der Waals surface area contributed by atoms with E-state index in [9.17, 15) is 4.79 Å². The monoisotopic (exact) mass is 224 g/mol. The number of ether oxygens (including phenoxy) is 1. The number of methoxy groups -OCH3 is 1. The fourth-order valence-corrected chi connectivity index (χ4v) is 1.99. The smallest absolute Gasteiger partial charge is 0.292 e. The summed E-state index contributed by atoms with van der Waals surface area (Å²) < 4.78 is 9.82. The zero-order valence-corrected chi connectivity index (χ0v) is 9.60. The molecule has 2 heterocycles. The molecular weight excluding hydrogens is 208 g/mol. The summed E-state index contributed by atoms with van der Waals surface area (Å²) in [5, 5.41) is 3.62. The Morgan fingerprint density at radius 3 is 3.12 bits per heavy atom. The fourth-order valence-electron chi connectivity index (χ4n) is 1.99. The van der Waals surface area contributed by atoms with Crippen LogP contribution in [-0.4, -0.2) is 36.2 Å². The highest BCUT2D eigenvalue weighted by molar-refractivity contribution is 5.91. The number of likely N-dealkylation sites (tertiary alicyclic amines) is 1. The molecule has 0 aliphatic carbocycles. The van der Waals surface area contributed by atoms with E-state index < -0.39 is 0 Å². The van der Waals surface area contributed by atoms with Crippen molar-refractivity contribution in [3.05, 3.63) is 11.8 Å². The van der Waals surface area contributed by atoms with Crippen molar-refractivity contribution >= 4 is 5.91 Å². The Morgan fingerprint density at radius 1 is 1.69 bits per heavy atom. The van der Waals surface area contributed by atoms with E-state index in [1.807, 2.05) is 4.90 Å². The van der Waals surface area contributed by atoms with E-state index in [4.69, 9.17) is 9.26 Å². The number of rotatable bonds is 2. The second kappa shape index (κ2) is 4.55. The standard InChI is InChI=1S/C11H16N2O3/c1-8-4-3-5-13(7-8)11(14)9-6-10(15-2)12-16-9/h6,8H,3-5,7H2,1-2H3. The minimum atomic E-state index is -0.0950. The molecule has 1 aliphatic rings. The number of amides is 1. The lowest BCUT2D eigenvalue weighted by atomic mass is 10.0. The van der Waals surface area contributed by atoms with Crippen LogP contribution in [0.3, 0.4) is 0 Å². The van der Waals surface area contributed by atoms with Crippen molar-refractivity contribution in [2.45, 2.75) is 19.8 Å². The van der Waals surface area contributed by atoms with Gasteiger partial charge in [-0.1, -0.05) is 6.92 Å². The van der Waals surface area contributed by atoms with E-state index in [2.05, 4.69) is 12.1 Å². The van der Waals surface area contributed by atoms with Crippen LogP contribution in [0, 0.1) is 5.92 Å². The van der Waals surface area contributed by atoms with E-state index in [1.165, 1.54) is 19.6 Å². The highest BCUT2D eigenvalue weighted by Gasteiger charge is 2.25. The summed E-state index contributed by atoms with van der Waals surface area (Å²) in [6, 6.07) is 1.53. The summed E-state index contributed by atoms with van der Waals surface area (Å²) >= 11 is 0. The van der Waals surface area contributed by atoms with Gasteiger partial charge in [0.2, 0.25) is 5.76 Å². The Balaban J connectivity index is 2.06. The van der Waals surface area contributed by atoms with E-state index in [1.54, 1.807) is 0 Å². The van der Waals surface area contributed by atoms with E-state index in [0.717, 1.165) is 19.5 Å². The highest BCUT2D eigenvalue weighted by atomic mass is 16.5. The number of carbonyl (C=O) groups excluding carboxylic acids is 1. The number of nitrogens with zero attached hydrogens (tertiary/aromatic N) is 2. The van der Waals surface area contributed by atoms with Crippen LogP contribution in [0.4, 0.5) is 0 Å². The van der Waals surface area contributed by atoms with Gasteiger partial charge in [0.25, 0.3) is 11.8 Å². The van der Waals surface area contributed by atoms with Crippen LogP contribution in [0.2, 0.25) is 0 Å². The molecule has 1 fully saturated rings. The first-order valence-corrected chi connectivity index (χ1v) is 5.50. The molecule has 1 aromatic heterocycles. The highest BCUT2D eigenvalue weighted by Crippen LogP contribution is 2.19. The molecule has 0 spiro atoms. The largest absolute Gasteiger partial charge is 0.479 e. The number of aromatic nitrogens is 1. The summed E-state index contributed by atoms with van der Waals surface area (Å²) in [5.74, 6) is 1.06. The predicted molar refractivity (Wildman–Crippen MR) is 57.4 cm³/mol. The fraction of sp³-hybridized carbons (Fsp3) is 0.636. The summed E-state index contributed by atoms with van der Waals surface area (Å²) in [7, 11) is 1.50. The van der Waals surface area contributed by atoms with Gasteiger partial charge < -0.3 is 14.2 Å². The van der Waals surface area contributed by atoms with Crippen LogP contribution in [0.25, 0.3) is 0 Å². The Bertz CT molecular complexity index is 375. The summed E-state index contributed by atoms with van der Waals surface area (Å²) in [6.45, 7) is 3.74. The number of hydrogen-bond acceptors (Lipinski definition) is 4. The molecule has 0 saturated carbocycles. The van der Waals surface area contributed by atoms with Gasteiger partial charge in [0.05, 0.1) is 13.2 Å². The maximum atomic E-state index is 12.0. The lowest BCUT2D eigenvalue weighted by Gasteiger charge is -2.29. The van der Waals surface area contributed by atoms with Crippen molar-refractivity contribution in [3.63, 3.8) is 0 Å². The summed E-state index contributed by atoms with van der Waals surface area (Å²) in [5.41, 5.74) is 0. The SMILES string of the molecule is COc1cc(C(=O)N2CCCC(C)C2)on1. The van der Waals surface area contributed by atoms with E-state index >= 15 is 0 Å². The predicted octanol–water partition coefficient (Wildman–Crippen LogP) is 1.56. The third kappa shape index (κ3) is 2.18. The number of hydrogen-bond donors (Lipinski definition) is 0. The van der Waals surface area contributed by atoms with Crippen molar-refractivity contribution in [2.24, 2.45) is 5.92 Å². The Morgan fingerprint density at radius 2 is 2.50 bits per heavy atom. The van der Waals surface area contributed by atoms with Crippen molar-refractivity contribution in [2.75, 3.05) is 20.2 Å². The number of carbonyl (C=O) groups is 1. The van der Waals surface area contributed by atoms with Gasteiger partial charge in [0.15, 0.2) is 0 Å². The van der Waals surface area contributed by atoms with Crippen molar-refractivity contribution in [3.8, 4) is 5.88 Å². The molecule has 5 nitrogen and oxygen atoms in total. The third-order valence-corrected chi connectivity index (χ3v) is 2.85. The van der Waals surface area contributed by atoms with E-state index in [-0.39, 0.29) is 11.7 Å². The molecule has 88 valence electrons. The zero-order valence-electron chi connectivity index (χ0n) is 9.60. The molecule has 1 aromatic rings. The van der Waals surface area contributed by atoms with Crippen LogP contribution in [0.5, 0.6) is 5.88 Å². The zero-order chi connectivity index (χ0) is 11.5. The first-order valence-electron chi connectivity index (χ1n) is 5.50. The molecule has 0 N–H and O–H groups in total. The van der Waals surface area contributed by atoms with Crippen molar-refractivity contribution < 1.29 is 14.1 Å². The van der Waals surface area contributed by atoms with Gasteiger partial charge in [-0.15, -0.1) is 0 Å². The van der Waals surface area contributed by atoms with Gasteiger partial charge in [0.1, 0.15) is 0 Å². The van der Waals surface area contributed by atoms with Crippen LogP contribution < -0.4 is 4.74 Å². The minimum Gasteiger partial charge on any atom is -0.479 e. The average molecular weight is 224 g/mol. The summed E-state index contributed by atoms with van der Waals surface area (Å²) in [4.78, 5) is 13.8. The Kier molecular flexibility index (Phi) is 3.12. The van der Waals surface area contributed by atoms with E-state index in [0.29, 0.717) is 11.8 Å². The normalized spacial score (nSPS) is 20.9. The van der Waals surface area contributed by atoms with Gasteiger partial charge in [-0.25, -0.2) is 0 Å². The molecule has 1 amide bonds. The maximum Gasteiger partial charge on any atom is 0.292 e. The van der Waals surface area contributed by atoms with Gasteiger partial charge in [-0.3, -0.25) is 4.79 Å². The average Bonchev–Trinajstić information content (AvgIpc) is 2.76. The lowest BCUT2D eigenvalue weighted by Crippen LogP contribution is -2.38. The second-order valence-electron chi connectivity index (χ2n) is 4.23. The van der Waals surface area contributed by atoms with Crippen molar-refractivity contribution in [1.82, 2.24) is 10.1 Å². The van der Waals surface area contributed by atoms with Crippen molar-refractivity contribution in [1.29, 1.82) is 0 Å². The molecule has 1 unspecified atom stereocenters. The second-order valence-corrected chi connectivity index (χ2v) is 4.23. The maximum absolute atomic E-state index is 12.0. The van der Waals surface area contributed by atoms with Gasteiger partial charge >= 0.3 is 0 Å². The molecule has 5 heteroatoms. The molecule has 1 aliphatic heterocycles. The van der Waals surface area contributed by atoms with Gasteiger partial charge in [-0.2, -0.15) is 0 Å².